The van der Waals surface area contributed by atoms with Crippen LogP contribution in [-0.2, 0) is 26.1 Å². The molecule has 198 valence electrons. The average molecular weight is 558 g/mol. The summed E-state index contributed by atoms with van der Waals surface area (Å²) in [6.07, 6.45) is 2.64. The molecule has 5 aromatic rings. The van der Waals surface area contributed by atoms with Crippen LogP contribution in [0.1, 0.15) is 21.7 Å². The van der Waals surface area contributed by atoms with E-state index in [1.54, 1.807) is 31.8 Å². The number of halogens is 1. The quantitative estimate of drug-likeness (QED) is 0.202. The molecule has 3 aromatic heterocycles. The molecule has 0 atom stereocenters. The maximum Gasteiger partial charge on any atom is 0.213 e. The highest BCUT2D eigenvalue weighted by atomic mass is 35.5. The molecule has 0 N–H and O–H groups in total. The zero-order chi connectivity index (χ0) is 26.8. The van der Waals surface area contributed by atoms with Crippen molar-refractivity contribution in [1.29, 1.82) is 0 Å². The fourth-order valence-electron chi connectivity index (χ4n) is 5.11. The summed E-state index contributed by atoms with van der Waals surface area (Å²) in [6, 6.07) is 22.1. The van der Waals surface area contributed by atoms with Crippen LogP contribution in [0.5, 0.6) is 17.4 Å². The molecule has 0 amide bonds. The van der Waals surface area contributed by atoms with Gasteiger partial charge in [-0.1, -0.05) is 54.1 Å². The van der Waals surface area contributed by atoms with E-state index < -0.39 is 0 Å². The van der Waals surface area contributed by atoms with Gasteiger partial charge in [-0.05, 0) is 41.3 Å². The Balaban J connectivity index is 1.44. The molecule has 1 aliphatic heterocycles. The second-order valence-corrected chi connectivity index (χ2v) is 10.9. The highest BCUT2D eigenvalue weighted by molar-refractivity contribution is 7.19. The minimum absolute atomic E-state index is 0.217. The van der Waals surface area contributed by atoms with Crippen molar-refractivity contribution in [3.63, 3.8) is 0 Å². The first-order valence-electron chi connectivity index (χ1n) is 12.8. The first-order valence-corrected chi connectivity index (χ1v) is 14.0. The van der Waals surface area contributed by atoms with Gasteiger partial charge in [0.15, 0.2) is 11.5 Å². The molecule has 0 fully saturated rings. The zero-order valence-electron chi connectivity index (χ0n) is 21.8. The summed E-state index contributed by atoms with van der Waals surface area (Å²) in [7, 11) is 3.28. The van der Waals surface area contributed by atoms with Crippen molar-refractivity contribution in [2.45, 2.75) is 26.1 Å². The lowest BCUT2D eigenvalue weighted by Gasteiger charge is -2.27. The Morgan fingerprint density at radius 2 is 1.79 bits per heavy atom. The smallest absolute Gasteiger partial charge is 0.213 e. The van der Waals surface area contributed by atoms with E-state index in [9.17, 15) is 0 Å². The maximum absolute atomic E-state index is 7.15. The van der Waals surface area contributed by atoms with Gasteiger partial charge < -0.3 is 14.2 Å². The van der Waals surface area contributed by atoms with E-state index in [-0.39, 0.29) is 6.61 Å². The topological polar surface area (TPSA) is 56.7 Å². The predicted molar refractivity (Wildman–Crippen MR) is 156 cm³/mol. The summed E-state index contributed by atoms with van der Waals surface area (Å²) >= 11 is 8.90. The molecule has 4 heterocycles. The number of pyridine rings is 2. The van der Waals surface area contributed by atoms with Crippen LogP contribution in [0.2, 0.25) is 5.02 Å². The van der Waals surface area contributed by atoms with Gasteiger partial charge in [-0.2, -0.15) is 0 Å². The molecule has 0 unspecified atom stereocenters. The first-order chi connectivity index (χ1) is 19.1. The van der Waals surface area contributed by atoms with Gasteiger partial charge in [-0.25, -0.2) is 9.97 Å². The number of fused-ring (bicyclic) bond motifs is 3. The number of rotatable bonds is 8. The summed E-state index contributed by atoms with van der Waals surface area (Å²) in [6.45, 7) is 3.00. The molecule has 8 heteroatoms. The van der Waals surface area contributed by atoms with Gasteiger partial charge in [0.05, 0.1) is 24.9 Å². The second kappa shape index (κ2) is 11.2. The van der Waals surface area contributed by atoms with Crippen LogP contribution in [0.15, 0.2) is 72.9 Å². The van der Waals surface area contributed by atoms with Crippen LogP contribution in [0.3, 0.4) is 0 Å². The SMILES string of the molecule is COc1ccc(-c2c(Cl)c(COc3ccccn3)nc3sc4c(c23)CCN(Cc2ccccc2)C4)cc1OC. The molecule has 39 heavy (non-hydrogen) atoms. The first kappa shape index (κ1) is 25.6. The zero-order valence-corrected chi connectivity index (χ0v) is 23.4. The van der Waals surface area contributed by atoms with Crippen LogP contribution in [0, 0.1) is 0 Å². The molecular weight excluding hydrogens is 530 g/mol. The summed E-state index contributed by atoms with van der Waals surface area (Å²) in [5.41, 5.74) is 5.24. The van der Waals surface area contributed by atoms with Crippen LogP contribution in [-0.4, -0.2) is 35.6 Å². The minimum atomic E-state index is 0.217. The van der Waals surface area contributed by atoms with E-state index in [2.05, 4.69) is 40.2 Å². The molecule has 0 radical (unpaired) electrons. The largest absolute Gasteiger partial charge is 0.493 e. The fourth-order valence-corrected chi connectivity index (χ4v) is 6.71. The van der Waals surface area contributed by atoms with Crippen molar-refractivity contribution in [3.8, 4) is 28.5 Å². The molecule has 0 bridgehead atoms. The Morgan fingerprint density at radius 3 is 2.56 bits per heavy atom. The molecule has 1 aliphatic rings. The normalized spacial score (nSPS) is 13.3. The van der Waals surface area contributed by atoms with Crippen molar-refractivity contribution in [2.75, 3.05) is 20.8 Å². The number of hydrogen-bond donors (Lipinski definition) is 0. The lowest BCUT2D eigenvalue weighted by Crippen LogP contribution is -2.29. The average Bonchev–Trinajstić information content (AvgIpc) is 3.34. The maximum atomic E-state index is 7.15. The third-order valence-corrected chi connectivity index (χ3v) is 8.51. The standard InChI is InChI=1S/C31H28ClN3O3S/c1-36-24-12-11-21(16-25(24)37-2)28-29-22-13-15-35(17-20-8-4-3-5-9-20)18-26(22)39-31(29)34-23(30(28)32)19-38-27-10-6-7-14-33-27/h3-12,14,16H,13,15,17-19H2,1-2H3. The summed E-state index contributed by atoms with van der Waals surface area (Å²) in [4.78, 5) is 14.1. The number of benzene rings is 2. The third kappa shape index (κ3) is 5.17. The Kier molecular flexibility index (Phi) is 7.37. The van der Waals surface area contributed by atoms with E-state index >= 15 is 0 Å². The molecule has 6 rings (SSSR count). The molecule has 0 saturated heterocycles. The number of methoxy groups -OCH3 is 2. The number of thiophene rings is 1. The van der Waals surface area contributed by atoms with E-state index in [4.69, 9.17) is 30.8 Å². The summed E-state index contributed by atoms with van der Waals surface area (Å²) in [5, 5.41) is 1.70. The minimum Gasteiger partial charge on any atom is -0.493 e. The Morgan fingerprint density at radius 1 is 0.974 bits per heavy atom. The van der Waals surface area contributed by atoms with Gasteiger partial charge in [0.25, 0.3) is 0 Å². The van der Waals surface area contributed by atoms with Gasteiger partial charge in [0.2, 0.25) is 5.88 Å². The Bertz CT molecular complexity index is 1610. The van der Waals surface area contributed by atoms with Crippen molar-refractivity contribution >= 4 is 33.2 Å². The highest BCUT2D eigenvalue weighted by Gasteiger charge is 2.27. The number of hydrogen-bond acceptors (Lipinski definition) is 7. The van der Waals surface area contributed by atoms with E-state index in [1.165, 1.54) is 16.0 Å². The van der Waals surface area contributed by atoms with Crippen molar-refractivity contribution < 1.29 is 14.2 Å². The number of ether oxygens (including phenoxy) is 3. The number of nitrogens with zero attached hydrogens (tertiary/aromatic N) is 3. The van der Waals surface area contributed by atoms with Crippen molar-refractivity contribution in [3.05, 3.63) is 99.6 Å². The highest BCUT2D eigenvalue weighted by Crippen LogP contribution is 2.46. The number of aromatic nitrogens is 2. The Hall–Kier alpha value is -3.65. The van der Waals surface area contributed by atoms with Crippen LogP contribution < -0.4 is 14.2 Å². The van der Waals surface area contributed by atoms with E-state index in [1.807, 2.05) is 36.4 Å². The fraction of sp³-hybridized carbons (Fsp3) is 0.226. The predicted octanol–water partition coefficient (Wildman–Crippen LogP) is 7.17. The molecule has 2 aromatic carbocycles. The molecular formula is C31H28ClN3O3S. The third-order valence-electron chi connectivity index (χ3n) is 6.99. The molecule has 0 aliphatic carbocycles. The summed E-state index contributed by atoms with van der Waals surface area (Å²) < 4.78 is 17.1. The van der Waals surface area contributed by atoms with Gasteiger partial charge >= 0.3 is 0 Å². The van der Waals surface area contributed by atoms with Crippen molar-refractivity contribution in [2.24, 2.45) is 0 Å². The summed E-state index contributed by atoms with van der Waals surface area (Å²) in [5.74, 6) is 1.86. The second-order valence-electron chi connectivity index (χ2n) is 9.40. The van der Waals surface area contributed by atoms with Gasteiger partial charge in [0, 0.05) is 47.7 Å². The Labute approximate surface area is 236 Å². The molecule has 0 spiro atoms. The van der Waals surface area contributed by atoms with Crippen LogP contribution in [0.4, 0.5) is 0 Å². The van der Waals surface area contributed by atoms with Crippen molar-refractivity contribution in [1.82, 2.24) is 14.9 Å². The molecule has 6 nitrogen and oxygen atoms in total. The van der Waals surface area contributed by atoms with Gasteiger partial charge in [-0.15, -0.1) is 11.3 Å². The van der Waals surface area contributed by atoms with Gasteiger partial charge in [-0.3, -0.25) is 4.90 Å². The van der Waals surface area contributed by atoms with Gasteiger partial charge in [0.1, 0.15) is 11.4 Å². The van der Waals surface area contributed by atoms with Crippen LogP contribution >= 0.6 is 22.9 Å². The monoisotopic (exact) mass is 557 g/mol. The lowest BCUT2D eigenvalue weighted by atomic mass is 9.95. The van der Waals surface area contributed by atoms with E-state index in [0.29, 0.717) is 28.1 Å². The molecule has 0 saturated carbocycles. The van der Waals surface area contributed by atoms with Crippen LogP contribution in [0.25, 0.3) is 21.3 Å². The lowest BCUT2D eigenvalue weighted by molar-refractivity contribution is 0.249. The van der Waals surface area contributed by atoms with E-state index in [0.717, 1.165) is 47.4 Å².